The molecule has 0 unspecified atom stereocenters. The first kappa shape index (κ1) is 27.9. The molecule has 0 spiro atoms. The van der Waals surface area contributed by atoms with Crippen LogP contribution in [0.5, 0.6) is 11.5 Å². The molecular formula is C25H21ClFIN4O5. The number of rotatable bonds is 8. The van der Waals surface area contributed by atoms with E-state index in [4.69, 9.17) is 21.1 Å². The van der Waals surface area contributed by atoms with E-state index in [2.05, 4.69) is 21.2 Å². The van der Waals surface area contributed by atoms with Crippen molar-refractivity contribution in [1.29, 1.82) is 0 Å². The number of methoxy groups -OCH3 is 1. The van der Waals surface area contributed by atoms with Crippen molar-refractivity contribution in [1.82, 2.24) is 5.43 Å². The van der Waals surface area contributed by atoms with Gasteiger partial charge in [-0.25, -0.2) is 9.82 Å². The second-order valence-corrected chi connectivity index (χ2v) is 9.04. The van der Waals surface area contributed by atoms with Crippen LogP contribution in [0.4, 0.5) is 15.8 Å². The number of hydrogen-bond acceptors (Lipinski definition) is 6. The van der Waals surface area contributed by atoms with E-state index in [0.29, 0.717) is 31.3 Å². The van der Waals surface area contributed by atoms with E-state index in [-0.39, 0.29) is 18.2 Å². The number of nitrogens with one attached hydrogen (secondary N) is 3. The minimum atomic E-state index is -1.08. The molecule has 0 fully saturated rings. The van der Waals surface area contributed by atoms with Gasteiger partial charge < -0.3 is 20.1 Å². The Bertz CT molecular complexity index is 1370. The SMILES string of the molecule is COc1cc(/C=N\NC(=O)C(=O)Nc2ccccc2F)cc(I)c1OCC(=O)Nc1ccc(C)c(Cl)c1. The molecule has 0 bridgehead atoms. The molecule has 0 atom stereocenters. The van der Waals surface area contributed by atoms with Gasteiger partial charge in [-0.1, -0.05) is 29.8 Å². The Kier molecular flexibility index (Phi) is 9.80. The molecule has 0 heterocycles. The predicted octanol–water partition coefficient (Wildman–Crippen LogP) is 4.51. The lowest BCUT2D eigenvalue weighted by molar-refractivity contribution is -0.136. The van der Waals surface area contributed by atoms with Crippen molar-refractivity contribution in [3.8, 4) is 11.5 Å². The molecule has 3 rings (SSSR count). The van der Waals surface area contributed by atoms with Crippen LogP contribution in [-0.4, -0.2) is 37.7 Å². The van der Waals surface area contributed by atoms with Gasteiger partial charge in [0.05, 0.1) is 22.6 Å². The third kappa shape index (κ3) is 7.89. The Labute approximate surface area is 230 Å². The molecule has 3 amide bonds. The summed E-state index contributed by atoms with van der Waals surface area (Å²) in [6.45, 7) is 1.58. The molecule has 192 valence electrons. The summed E-state index contributed by atoms with van der Waals surface area (Å²) in [4.78, 5) is 36.2. The molecule has 3 aromatic rings. The van der Waals surface area contributed by atoms with E-state index < -0.39 is 17.6 Å². The summed E-state index contributed by atoms with van der Waals surface area (Å²) in [7, 11) is 1.43. The number of nitrogens with zero attached hydrogens (tertiary/aromatic N) is 1. The fourth-order valence-electron chi connectivity index (χ4n) is 2.92. The molecule has 0 aliphatic rings. The van der Waals surface area contributed by atoms with Crippen LogP contribution < -0.4 is 25.5 Å². The number of para-hydroxylation sites is 1. The van der Waals surface area contributed by atoms with Gasteiger partial charge in [-0.2, -0.15) is 5.10 Å². The van der Waals surface area contributed by atoms with Crippen LogP contribution in [0.25, 0.3) is 0 Å². The highest BCUT2D eigenvalue weighted by atomic mass is 127. The summed E-state index contributed by atoms with van der Waals surface area (Å²) < 4.78 is 25.3. The molecule has 3 aromatic carbocycles. The number of halogens is 3. The van der Waals surface area contributed by atoms with Gasteiger partial charge in [0.15, 0.2) is 18.1 Å². The Balaban J connectivity index is 1.59. The number of amides is 3. The number of hydrogen-bond donors (Lipinski definition) is 3. The summed E-state index contributed by atoms with van der Waals surface area (Å²) >= 11 is 8.09. The number of carbonyl (C=O) groups is 3. The first-order chi connectivity index (χ1) is 17.7. The van der Waals surface area contributed by atoms with Crippen molar-refractivity contribution in [3.05, 3.63) is 80.1 Å². The summed E-state index contributed by atoms with van der Waals surface area (Å²) in [5.41, 5.74) is 3.90. The number of carbonyl (C=O) groups excluding carboxylic acids is 3. The molecule has 0 radical (unpaired) electrons. The third-order valence-electron chi connectivity index (χ3n) is 4.76. The largest absolute Gasteiger partial charge is 0.493 e. The molecule has 0 aliphatic heterocycles. The third-order valence-corrected chi connectivity index (χ3v) is 5.97. The van der Waals surface area contributed by atoms with Gasteiger partial charge in [-0.3, -0.25) is 14.4 Å². The highest BCUT2D eigenvalue weighted by molar-refractivity contribution is 14.1. The number of aryl methyl sites for hydroxylation is 1. The van der Waals surface area contributed by atoms with Crippen molar-refractivity contribution in [2.24, 2.45) is 5.10 Å². The van der Waals surface area contributed by atoms with Gasteiger partial charge in [-0.15, -0.1) is 0 Å². The quantitative estimate of drug-likeness (QED) is 0.145. The predicted molar refractivity (Wildman–Crippen MR) is 147 cm³/mol. The fourth-order valence-corrected chi connectivity index (χ4v) is 3.88. The number of anilines is 2. The second kappa shape index (κ2) is 13.0. The summed E-state index contributed by atoms with van der Waals surface area (Å²) in [6.07, 6.45) is 1.29. The standard InChI is InChI=1S/C25H21ClFIN4O5/c1-14-7-8-16(11-17(14)26)30-22(33)13-37-23-19(28)9-15(10-21(23)36-2)12-29-32-25(35)24(34)31-20-6-4-3-5-18(20)27/h3-12H,13H2,1-2H3,(H,30,33)(H,31,34)(H,32,35)/b29-12-. The molecule has 9 nitrogen and oxygen atoms in total. The zero-order valence-corrected chi connectivity index (χ0v) is 22.5. The van der Waals surface area contributed by atoms with Crippen molar-refractivity contribution in [2.75, 3.05) is 24.4 Å². The Morgan fingerprint density at radius 1 is 1.08 bits per heavy atom. The molecular weight excluding hydrogens is 618 g/mol. The zero-order valence-electron chi connectivity index (χ0n) is 19.6. The first-order valence-corrected chi connectivity index (χ1v) is 12.1. The van der Waals surface area contributed by atoms with Crippen LogP contribution >= 0.6 is 34.2 Å². The Hall–Kier alpha value is -3.71. The number of ether oxygens (including phenoxy) is 2. The molecule has 3 N–H and O–H groups in total. The van der Waals surface area contributed by atoms with Crippen molar-refractivity contribution < 1.29 is 28.2 Å². The number of hydrazone groups is 1. The van der Waals surface area contributed by atoms with Gasteiger partial charge in [0.1, 0.15) is 5.82 Å². The zero-order chi connectivity index (χ0) is 26.9. The van der Waals surface area contributed by atoms with Crippen LogP contribution in [-0.2, 0) is 14.4 Å². The summed E-state index contributed by atoms with van der Waals surface area (Å²) in [6, 6.07) is 13.9. The highest BCUT2D eigenvalue weighted by Gasteiger charge is 2.16. The van der Waals surface area contributed by atoms with Crippen LogP contribution in [0.15, 0.2) is 59.7 Å². The number of benzene rings is 3. The van der Waals surface area contributed by atoms with E-state index >= 15 is 0 Å². The van der Waals surface area contributed by atoms with E-state index in [9.17, 15) is 18.8 Å². The lowest BCUT2D eigenvalue weighted by Crippen LogP contribution is -2.32. The smallest absolute Gasteiger partial charge is 0.329 e. The lowest BCUT2D eigenvalue weighted by atomic mass is 10.2. The van der Waals surface area contributed by atoms with Crippen molar-refractivity contribution in [2.45, 2.75) is 6.92 Å². The van der Waals surface area contributed by atoms with Gasteiger partial charge in [0, 0.05) is 10.7 Å². The highest BCUT2D eigenvalue weighted by Crippen LogP contribution is 2.33. The minimum absolute atomic E-state index is 0.127. The molecule has 0 aromatic heterocycles. The molecule has 0 saturated carbocycles. The van der Waals surface area contributed by atoms with Crippen LogP contribution in [0.1, 0.15) is 11.1 Å². The van der Waals surface area contributed by atoms with E-state index in [1.165, 1.54) is 31.5 Å². The Morgan fingerprint density at radius 3 is 2.54 bits per heavy atom. The van der Waals surface area contributed by atoms with Gasteiger partial charge in [0.25, 0.3) is 5.91 Å². The lowest BCUT2D eigenvalue weighted by Gasteiger charge is -2.14. The maximum absolute atomic E-state index is 13.6. The van der Waals surface area contributed by atoms with Crippen LogP contribution in [0.3, 0.4) is 0 Å². The van der Waals surface area contributed by atoms with Crippen molar-refractivity contribution in [3.63, 3.8) is 0 Å². The molecule has 0 aliphatic carbocycles. The van der Waals surface area contributed by atoms with Gasteiger partial charge >= 0.3 is 11.8 Å². The van der Waals surface area contributed by atoms with Gasteiger partial charge in [0.2, 0.25) is 0 Å². The van der Waals surface area contributed by atoms with Crippen LogP contribution in [0, 0.1) is 16.3 Å². The average Bonchev–Trinajstić information content (AvgIpc) is 2.86. The molecule has 12 heteroatoms. The maximum Gasteiger partial charge on any atom is 0.329 e. The van der Waals surface area contributed by atoms with Crippen molar-refractivity contribution >= 4 is 69.5 Å². The fraction of sp³-hybridized carbons (Fsp3) is 0.120. The maximum atomic E-state index is 13.6. The minimum Gasteiger partial charge on any atom is -0.493 e. The monoisotopic (exact) mass is 638 g/mol. The molecule has 0 saturated heterocycles. The van der Waals surface area contributed by atoms with Gasteiger partial charge in [-0.05, 0) is 77.0 Å². The summed E-state index contributed by atoms with van der Waals surface area (Å²) in [5.74, 6) is -2.56. The first-order valence-electron chi connectivity index (χ1n) is 10.6. The average molecular weight is 639 g/mol. The van der Waals surface area contributed by atoms with E-state index in [1.54, 1.807) is 30.3 Å². The second-order valence-electron chi connectivity index (χ2n) is 7.47. The van der Waals surface area contributed by atoms with E-state index in [1.807, 2.05) is 29.5 Å². The normalized spacial score (nSPS) is 10.6. The van der Waals surface area contributed by atoms with Crippen LogP contribution in [0.2, 0.25) is 5.02 Å². The van der Waals surface area contributed by atoms with E-state index in [0.717, 1.165) is 11.6 Å². The topological polar surface area (TPSA) is 118 Å². The Morgan fingerprint density at radius 2 is 1.84 bits per heavy atom. The molecule has 37 heavy (non-hydrogen) atoms. The summed E-state index contributed by atoms with van der Waals surface area (Å²) in [5, 5.41) is 9.16.